The molecular formula is C45H58N2O20. The Morgan fingerprint density at radius 2 is 1.28 bits per heavy atom. The SMILES string of the molecule is CC(=O)NC1C(O)[C@H](O[C@@H]2OC(CO)[C@H](O)C(O[C@H]3OC(CO)[C@H](O)C(O)C3O)C2O)C(CO)O[C@H]1OCCCNC(=O)COc1ccc(-c2cccc(C(=O)OCc3ccccc3)c2)cc1. The van der Waals surface area contributed by atoms with E-state index in [9.17, 15) is 60.3 Å². The Kier molecular flexibility index (Phi) is 18.9. The van der Waals surface area contributed by atoms with Gasteiger partial charge in [0.15, 0.2) is 25.5 Å². The largest absolute Gasteiger partial charge is 0.484 e. The number of esters is 1. The number of amides is 2. The van der Waals surface area contributed by atoms with Crippen LogP contribution in [0.4, 0.5) is 0 Å². The maximum Gasteiger partial charge on any atom is 0.338 e. The fraction of sp³-hybridized carbons (Fsp3) is 0.533. The Balaban J connectivity index is 0.967. The molecule has 9 unspecified atom stereocenters. The highest BCUT2D eigenvalue weighted by molar-refractivity contribution is 5.91. The zero-order valence-corrected chi connectivity index (χ0v) is 36.3. The highest BCUT2D eigenvalue weighted by atomic mass is 16.8. The summed E-state index contributed by atoms with van der Waals surface area (Å²) in [5.74, 6) is -1.07. The molecule has 3 aliphatic heterocycles. The molecule has 0 aromatic heterocycles. The number of aliphatic hydroxyl groups is 9. The summed E-state index contributed by atoms with van der Waals surface area (Å²) in [6, 6.07) is 22.0. The standard InChI is InChI=1S/C45H58N2O20/c1-23(51)47-33-36(55)40(66-45-39(58)41(35(54)30(19-49)64-45)67-44-38(57)37(56)34(53)29(18-48)63-44)31(20-50)65-43(33)60-16-6-15-46-32(52)22-61-28-13-11-25(12-14-28)26-9-5-10-27(17-26)42(59)62-21-24-7-3-2-4-8-24/h2-5,7-14,17,29-31,33-41,43-45,48-50,53-58H,6,15-16,18-22H2,1H3,(H,46,52)(H,47,51)/t29?,30?,31?,33?,34-,35-,36?,37?,38?,39?,40+,41?,43+,44+,45-/m0/s1. The van der Waals surface area contributed by atoms with Crippen LogP contribution < -0.4 is 15.4 Å². The van der Waals surface area contributed by atoms with Gasteiger partial charge in [-0.15, -0.1) is 0 Å². The van der Waals surface area contributed by atoms with Crippen molar-refractivity contribution in [1.29, 1.82) is 0 Å². The van der Waals surface area contributed by atoms with E-state index in [2.05, 4.69) is 10.6 Å². The van der Waals surface area contributed by atoms with E-state index in [0.717, 1.165) is 16.7 Å². The van der Waals surface area contributed by atoms with Crippen LogP contribution >= 0.6 is 0 Å². The van der Waals surface area contributed by atoms with Crippen molar-refractivity contribution in [2.45, 2.75) is 112 Å². The van der Waals surface area contributed by atoms with Crippen LogP contribution in [0, 0.1) is 0 Å². The maximum atomic E-state index is 12.7. The summed E-state index contributed by atoms with van der Waals surface area (Å²) >= 11 is 0. The van der Waals surface area contributed by atoms with Gasteiger partial charge in [-0.1, -0.05) is 54.6 Å². The topological polar surface area (TPSA) is 331 Å². The molecule has 3 aliphatic rings. The first-order chi connectivity index (χ1) is 32.2. The monoisotopic (exact) mass is 946 g/mol. The van der Waals surface area contributed by atoms with Gasteiger partial charge in [0.05, 0.1) is 32.0 Å². The molecule has 22 nitrogen and oxygen atoms in total. The summed E-state index contributed by atoms with van der Waals surface area (Å²) in [7, 11) is 0. The second-order valence-corrected chi connectivity index (χ2v) is 16.1. The first-order valence-corrected chi connectivity index (χ1v) is 21.6. The van der Waals surface area contributed by atoms with Gasteiger partial charge < -0.3 is 94.5 Å². The van der Waals surface area contributed by atoms with Crippen molar-refractivity contribution < 1.29 is 98.2 Å². The van der Waals surface area contributed by atoms with E-state index in [4.69, 9.17) is 37.9 Å². The number of rotatable bonds is 20. The minimum atomic E-state index is -1.97. The fourth-order valence-corrected chi connectivity index (χ4v) is 7.66. The maximum absolute atomic E-state index is 12.7. The third-order valence-corrected chi connectivity index (χ3v) is 11.3. The van der Waals surface area contributed by atoms with Crippen molar-refractivity contribution in [3.8, 4) is 16.9 Å². The molecule has 22 heteroatoms. The number of ether oxygens (including phenoxy) is 8. The minimum Gasteiger partial charge on any atom is -0.484 e. The molecule has 0 saturated carbocycles. The van der Waals surface area contributed by atoms with Gasteiger partial charge in [-0.25, -0.2) is 4.79 Å². The van der Waals surface area contributed by atoms with Crippen LogP contribution in [0.1, 0.15) is 29.3 Å². The van der Waals surface area contributed by atoms with Crippen molar-refractivity contribution in [2.24, 2.45) is 0 Å². The van der Waals surface area contributed by atoms with E-state index in [-0.39, 0.29) is 32.8 Å². The summed E-state index contributed by atoms with van der Waals surface area (Å²) in [5, 5.41) is 99.5. The Bertz CT molecular complexity index is 2030. The molecular weight excluding hydrogens is 888 g/mol. The van der Waals surface area contributed by atoms with Crippen molar-refractivity contribution in [1.82, 2.24) is 10.6 Å². The van der Waals surface area contributed by atoms with Crippen molar-refractivity contribution in [2.75, 3.05) is 39.6 Å². The zero-order valence-electron chi connectivity index (χ0n) is 36.3. The summed E-state index contributed by atoms with van der Waals surface area (Å²) in [4.78, 5) is 37.5. The van der Waals surface area contributed by atoms with Gasteiger partial charge in [0.2, 0.25) is 5.91 Å². The van der Waals surface area contributed by atoms with Crippen molar-refractivity contribution >= 4 is 17.8 Å². The van der Waals surface area contributed by atoms with Gasteiger partial charge in [0.1, 0.15) is 85.5 Å². The van der Waals surface area contributed by atoms with E-state index in [1.54, 1.807) is 42.5 Å². The molecule has 6 rings (SSSR count). The number of hydrogen-bond donors (Lipinski definition) is 11. The third-order valence-electron chi connectivity index (χ3n) is 11.3. The van der Waals surface area contributed by atoms with Crippen LogP contribution in [-0.4, -0.2) is 195 Å². The van der Waals surface area contributed by atoms with E-state index >= 15 is 0 Å². The highest BCUT2D eigenvalue weighted by Crippen LogP contribution is 2.33. The van der Waals surface area contributed by atoms with E-state index in [1.807, 2.05) is 36.4 Å². The molecule has 3 saturated heterocycles. The molecule has 67 heavy (non-hydrogen) atoms. The number of hydrogen-bond acceptors (Lipinski definition) is 20. The van der Waals surface area contributed by atoms with Crippen LogP contribution in [0.3, 0.4) is 0 Å². The van der Waals surface area contributed by atoms with Gasteiger partial charge in [0, 0.05) is 13.5 Å². The molecule has 3 aromatic carbocycles. The van der Waals surface area contributed by atoms with E-state index in [1.165, 1.54) is 6.92 Å². The van der Waals surface area contributed by atoms with E-state index in [0.29, 0.717) is 11.3 Å². The second kappa shape index (κ2) is 24.5. The molecule has 0 aliphatic carbocycles. The molecule has 0 spiro atoms. The Hall–Kier alpha value is -4.73. The predicted octanol–water partition coefficient (Wildman–Crippen LogP) is -2.80. The lowest BCUT2D eigenvalue weighted by Crippen LogP contribution is -2.68. The Morgan fingerprint density at radius 1 is 0.642 bits per heavy atom. The van der Waals surface area contributed by atoms with Gasteiger partial charge in [-0.3, -0.25) is 9.59 Å². The van der Waals surface area contributed by atoms with Crippen LogP contribution in [0.2, 0.25) is 0 Å². The lowest BCUT2D eigenvalue weighted by molar-refractivity contribution is -0.376. The number of carbonyl (C=O) groups is 3. The van der Waals surface area contributed by atoms with Crippen molar-refractivity contribution in [3.63, 3.8) is 0 Å². The fourth-order valence-electron chi connectivity index (χ4n) is 7.66. The summed E-state index contributed by atoms with van der Waals surface area (Å²) < 4.78 is 45.2. The predicted molar refractivity (Wildman–Crippen MR) is 227 cm³/mol. The smallest absolute Gasteiger partial charge is 0.338 e. The molecule has 11 N–H and O–H groups in total. The van der Waals surface area contributed by atoms with E-state index < -0.39 is 130 Å². The van der Waals surface area contributed by atoms with Gasteiger partial charge in [0.25, 0.3) is 5.91 Å². The molecule has 2 amide bonds. The van der Waals surface area contributed by atoms with Crippen LogP contribution in [-0.2, 0) is 49.4 Å². The van der Waals surface area contributed by atoms with Gasteiger partial charge in [-0.2, -0.15) is 0 Å². The highest BCUT2D eigenvalue weighted by Gasteiger charge is 2.54. The quantitative estimate of drug-likeness (QED) is 0.0403. The second-order valence-electron chi connectivity index (χ2n) is 16.1. The molecule has 15 atom stereocenters. The van der Waals surface area contributed by atoms with Crippen LogP contribution in [0.15, 0.2) is 78.9 Å². The molecule has 3 heterocycles. The Labute approximate surface area is 384 Å². The minimum absolute atomic E-state index is 0.0663. The zero-order chi connectivity index (χ0) is 48.2. The van der Waals surface area contributed by atoms with Crippen molar-refractivity contribution in [3.05, 3.63) is 90.0 Å². The lowest BCUT2D eigenvalue weighted by atomic mass is 9.95. The summed E-state index contributed by atoms with van der Waals surface area (Å²) in [5.41, 5.74) is 2.86. The molecule has 0 bridgehead atoms. The van der Waals surface area contributed by atoms with Gasteiger partial charge in [-0.05, 0) is 47.4 Å². The molecule has 3 aromatic rings. The molecule has 0 radical (unpaired) electrons. The number of carbonyl (C=O) groups excluding carboxylic acids is 3. The third kappa shape index (κ3) is 13.3. The summed E-state index contributed by atoms with van der Waals surface area (Å²) in [6.45, 7) is -1.35. The first-order valence-electron chi connectivity index (χ1n) is 21.6. The average Bonchev–Trinajstić information content (AvgIpc) is 3.34. The molecule has 368 valence electrons. The number of nitrogens with one attached hydrogen (secondary N) is 2. The Morgan fingerprint density at radius 3 is 1.96 bits per heavy atom. The first kappa shape index (κ1) is 51.7. The summed E-state index contributed by atoms with van der Waals surface area (Å²) in [6.07, 6.45) is -23.3. The van der Waals surface area contributed by atoms with Crippen LogP contribution in [0.25, 0.3) is 11.1 Å². The lowest BCUT2D eigenvalue weighted by Gasteiger charge is -2.48. The molecule has 3 fully saturated rings. The van der Waals surface area contributed by atoms with Crippen LogP contribution in [0.5, 0.6) is 5.75 Å². The number of aliphatic hydroxyl groups excluding tert-OH is 9. The normalized spacial score (nSPS) is 31.9. The average molecular weight is 947 g/mol. The number of benzene rings is 3. The van der Waals surface area contributed by atoms with Gasteiger partial charge >= 0.3 is 5.97 Å².